The third kappa shape index (κ3) is 3.00. The maximum Gasteiger partial charge on any atom is 0.147 e. The van der Waals surface area contributed by atoms with Crippen LogP contribution < -0.4 is 10.5 Å². The Morgan fingerprint density at radius 1 is 1.32 bits per heavy atom. The Hall–Kier alpha value is -2.14. The lowest BCUT2D eigenvalue weighted by Crippen LogP contribution is -2.15. The van der Waals surface area contributed by atoms with Gasteiger partial charge >= 0.3 is 0 Å². The van der Waals surface area contributed by atoms with Crippen LogP contribution in [0.2, 0.25) is 5.02 Å². The fourth-order valence-electron chi connectivity index (χ4n) is 1.78. The molecular weight excluding hydrogens is 264 g/mol. The van der Waals surface area contributed by atoms with Crippen LogP contribution in [0.5, 0.6) is 11.5 Å². The summed E-state index contributed by atoms with van der Waals surface area (Å²) in [5.41, 5.74) is 7.48. The molecule has 0 amide bonds. The highest BCUT2D eigenvalue weighted by atomic mass is 35.5. The smallest absolute Gasteiger partial charge is 0.147 e. The molecule has 0 saturated heterocycles. The Morgan fingerprint density at radius 3 is 2.68 bits per heavy atom. The van der Waals surface area contributed by atoms with E-state index in [9.17, 15) is 0 Å². The average Bonchev–Trinajstić information content (AvgIpc) is 2.26. The molecule has 0 bridgehead atoms. The third-order valence-electron chi connectivity index (χ3n) is 2.47. The standard InChI is InChI=1S/C13H13ClN4O/c1-7-3-11(12(13(15)16)8(2)18-7)19-10-4-9(14)5-17-6-10/h3-6H,1-2H3,(H3,15,16). The molecule has 98 valence electrons. The second-order valence-corrected chi connectivity index (χ2v) is 4.51. The maximum atomic E-state index is 7.61. The molecule has 0 saturated carbocycles. The second-order valence-electron chi connectivity index (χ2n) is 4.08. The van der Waals surface area contributed by atoms with E-state index in [2.05, 4.69) is 9.97 Å². The van der Waals surface area contributed by atoms with E-state index in [1.807, 2.05) is 6.92 Å². The lowest BCUT2D eigenvalue weighted by atomic mass is 10.1. The number of aromatic nitrogens is 2. The van der Waals surface area contributed by atoms with Crippen LogP contribution in [0.4, 0.5) is 0 Å². The van der Waals surface area contributed by atoms with E-state index in [1.165, 1.54) is 6.20 Å². The Bertz CT molecular complexity index is 643. The summed E-state index contributed by atoms with van der Waals surface area (Å²) >= 11 is 5.85. The van der Waals surface area contributed by atoms with Gasteiger partial charge in [0.25, 0.3) is 0 Å². The Kier molecular flexibility index (Phi) is 3.66. The van der Waals surface area contributed by atoms with Crippen LogP contribution in [-0.4, -0.2) is 15.8 Å². The van der Waals surface area contributed by atoms with Gasteiger partial charge in [-0.15, -0.1) is 0 Å². The Morgan fingerprint density at radius 2 is 2.05 bits per heavy atom. The normalized spacial score (nSPS) is 10.3. The minimum Gasteiger partial charge on any atom is -0.455 e. The van der Waals surface area contributed by atoms with Crippen molar-refractivity contribution in [2.24, 2.45) is 5.73 Å². The highest BCUT2D eigenvalue weighted by molar-refractivity contribution is 6.30. The summed E-state index contributed by atoms with van der Waals surface area (Å²) in [6, 6.07) is 3.37. The van der Waals surface area contributed by atoms with E-state index in [-0.39, 0.29) is 5.84 Å². The molecule has 19 heavy (non-hydrogen) atoms. The molecule has 0 aliphatic carbocycles. The van der Waals surface area contributed by atoms with Gasteiger partial charge in [-0.25, -0.2) is 0 Å². The molecule has 0 aliphatic heterocycles. The number of ether oxygens (including phenoxy) is 1. The van der Waals surface area contributed by atoms with Crippen molar-refractivity contribution in [3.8, 4) is 11.5 Å². The fourth-order valence-corrected chi connectivity index (χ4v) is 1.94. The number of nitrogens with zero attached hydrogens (tertiary/aromatic N) is 2. The fraction of sp³-hybridized carbons (Fsp3) is 0.154. The molecule has 3 N–H and O–H groups in total. The van der Waals surface area contributed by atoms with Gasteiger partial charge in [0.2, 0.25) is 0 Å². The van der Waals surface area contributed by atoms with Crippen molar-refractivity contribution in [3.63, 3.8) is 0 Å². The van der Waals surface area contributed by atoms with Crippen molar-refractivity contribution in [1.82, 2.24) is 9.97 Å². The molecule has 0 spiro atoms. The summed E-state index contributed by atoms with van der Waals surface area (Å²) in [4.78, 5) is 8.21. The van der Waals surface area contributed by atoms with Crippen molar-refractivity contribution in [1.29, 1.82) is 5.41 Å². The van der Waals surface area contributed by atoms with E-state index in [0.717, 1.165) is 5.69 Å². The number of halogens is 1. The van der Waals surface area contributed by atoms with E-state index in [1.54, 1.807) is 25.3 Å². The summed E-state index contributed by atoms with van der Waals surface area (Å²) in [7, 11) is 0. The van der Waals surface area contributed by atoms with E-state index in [4.69, 9.17) is 27.5 Å². The summed E-state index contributed by atoms with van der Waals surface area (Å²) in [6.07, 6.45) is 3.06. The summed E-state index contributed by atoms with van der Waals surface area (Å²) in [6.45, 7) is 3.63. The molecule has 2 aromatic rings. The van der Waals surface area contributed by atoms with Gasteiger partial charge in [0.05, 0.1) is 22.5 Å². The van der Waals surface area contributed by atoms with Gasteiger partial charge in [-0.2, -0.15) is 0 Å². The van der Waals surface area contributed by atoms with Gasteiger partial charge < -0.3 is 10.5 Å². The molecule has 0 aromatic carbocycles. The third-order valence-corrected chi connectivity index (χ3v) is 2.68. The first-order chi connectivity index (χ1) is 8.97. The van der Waals surface area contributed by atoms with Crippen LogP contribution >= 0.6 is 11.6 Å². The van der Waals surface area contributed by atoms with Crippen LogP contribution in [0.25, 0.3) is 0 Å². The van der Waals surface area contributed by atoms with Gasteiger partial charge in [-0.3, -0.25) is 15.4 Å². The van der Waals surface area contributed by atoms with E-state index >= 15 is 0 Å². The predicted molar refractivity (Wildman–Crippen MR) is 74.0 cm³/mol. The van der Waals surface area contributed by atoms with Crippen molar-refractivity contribution < 1.29 is 4.74 Å². The lowest BCUT2D eigenvalue weighted by Gasteiger charge is -2.13. The molecule has 2 aromatic heterocycles. The van der Waals surface area contributed by atoms with Gasteiger partial charge in [-0.05, 0) is 13.8 Å². The van der Waals surface area contributed by atoms with Crippen LogP contribution in [0, 0.1) is 19.3 Å². The number of nitrogens with one attached hydrogen (secondary N) is 1. The molecule has 6 heteroatoms. The monoisotopic (exact) mass is 276 g/mol. The molecule has 0 radical (unpaired) electrons. The molecule has 0 atom stereocenters. The van der Waals surface area contributed by atoms with Crippen LogP contribution in [-0.2, 0) is 0 Å². The topological polar surface area (TPSA) is 84.9 Å². The summed E-state index contributed by atoms with van der Waals surface area (Å²) in [5, 5.41) is 8.09. The first kappa shape index (κ1) is 13.3. The van der Waals surface area contributed by atoms with Crippen LogP contribution in [0.1, 0.15) is 17.0 Å². The maximum absolute atomic E-state index is 7.61. The number of aryl methyl sites for hydroxylation is 2. The summed E-state index contributed by atoms with van der Waals surface area (Å²) in [5.74, 6) is 0.872. The first-order valence-electron chi connectivity index (χ1n) is 5.58. The minimum atomic E-state index is -0.0880. The van der Waals surface area contributed by atoms with Gasteiger partial charge in [-0.1, -0.05) is 11.6 Å². The van der Waals surface area contributed by atoms with Gasteiger partial charge in [0, 0.05) is 24.0 Å². The highest BCUT2D eigenvalue weighted by Crippen LogP contribution is 2.28. The van der Waals surface area contributed by atoms with Crippen molar-refractivity contribution in [3.05, 3.63) is 46.5 Å². The molecule has 2 rings (SSSR count). The van der Waals surface area contributed by atoms with Crippen molar-refractivity contribution in [2.75, 3.05) is 0 Å². The van der Waals surface area contributed by atoms with E-state index < -0.39 is 0 Å². The zero-order valence-corrected chi connectivity index (χ0v) is 11.3. The van der Waals surface area contributed by atoms with Crippen molar-refractivity contribution in [2.45, 2.75) is 13.8 Å². The predicted octanol–water partition coefficient (Wildman–Crippen LogP) is 2.82. The Balaban J connectivity index is 2.47. The minimum absolute atomic E-state index is 0.0880. The molecular formula is C13H13ClN4O. The number of pyridine rings is 2. The molecule has 0 aliphatic rings. The average molecular weight is 277 g/mol. The zero-order chi connectivity index (χ0) is 14.0. The van der Waals surface area contributed by atoms with Crippen molar-refractivity contribution >= 4 is 17.4 Å². The molecule has 2 heterocycles. The largest absolute Gasteiger partial charge is 0.455 e. The van der Waals surface area contributed by atoms with E-state index in [0.29, 0.717) is 27.8 Å². The number of hydrogen-bond donors (Lipinski definition) is 2. The first-order valence-corrected chi connectivity index (χ1v) is 5.96. The van der Waals surface area contributed by atoms with Crippen LogP contribution in [0.15, 0.2) is 24.5 Å². The number of nitrogen functional groups attached to an aromatic ring is 1. The van der Waals surface area contributed by atoms with Gasteiger partial charge in [0.15, 0.2) is 0 Å². The summed E-state index contributed by atoms with van der Waals surface area (Å²) < 4.78 is 5.71. The lowest BCUT2D eigenvalue weighted by molar-refractivity contribution is 0.477. The molecule has 0 unspecified atom stereocenters. The van der Waals surface area contributed by atoms with Crippen LogP contribution in [0.3, 0.4) is 0 Å². The Labute approximate surface area is 115 Å². The zero-order valence-electron chi connectivity index (χ0n) is 10.6. The second kappa shape index (κ2) is 5.24. The number of rotatable bonds is 3. The number of hydrogen-bond acceptors (Lipinski definition) is 4. The number of nitrogens with two attached hydrogens (primary N) is 1. The highest BCUT2D eigenvalue weighted by Gasteiger charge is 2.13. The SMILES string of the molecule is Cc1cc(Oc2cncc(Cl)c2)c(C(=N)N)c(C)n1. The quantitative estimate of drug-likeness (QED) is 0.667. The molecule has 0 fully saturated rings. The molecule has 5 nitrogen and oxygen atoms in total. The number of amidine groups is 1. The van der Waals surface area contributed by atoms with Gasteiger partial charge in [0.1, 0.15) is 17.3 Å².